The van der Waals surface area contributed by atoms with Gasteiger partial charge in [-0.1, -0.05) is 32.0 Å². The molecule has 1 aliphatic carbocycles. The molecule has 26 heavy (non-hydrogen) atoms. The molecular weight excluding hydrogens is 328 g/mol. The number of fused-ring (bicyclic) bond motifs is 1. The fourth-order valence-corrected chi connectivity index (χ4v) is 3.27. The van der Waals surface area contributed by atoms with E-state index in [-0.39, 0.29) is 5.92 Å². The first-order chi connectivity index (χ1) is 12.3. The molecule has 0 N–H and O–H groups in total. The number of ether oxygens (including phenoxy) is 1. The molecule has 3 rings (SSSR count). The molecule has 0 atom stereocenters. The summed E-state index contributed by atoms with van der Waals surface area (Å²) in [5, 5.41) is 0. The van der Waals surface area contributed by atoms with Crippen LogP contribution in [0.4, 0.5) is 0 Å². The number of esters is 1. The van der Waals surface area contributed by atoms with Crippen molar-refractivity contribution in [1.29, 1.82) is 0 Å². The van der Waals surface area contributed by atoms with Crippen LogP contribution in [0.15, 0.2) is 42.0 Å². The van der Waals surface area contributed by atoms with Gasteiger partial charge in [-0.25, -0.2) is 4.79 Å². The maximum absolute atomic E-state index is 12.5. The third kappa shape index (κ3) is 2.99. The number of Topliss-reactive ketones (excluding diaryl/α,β-unsaturated/α-hetero) is 2. The fraction of sp³-hybridized carbons (Fsp3) is 0.227. The van der Waals surface area contributed by atoms with Gasteiger partial charge in [0.05, 0.1) is 5.56 Å². The van der Waals surface area contributed by atoms with E-state index < -0.39 is 17.5 Å². The van der Waals surface area contributed by atoms with Crippen LogP contribution in [-0.4, -0.2) is 17.5 Å². The number of hydrogen-bond donors (Lipinski definition) is 0. The van der Waals surface area contributed by atoms with Gasteiger partial charge in [0.25, 0.3) is 0 Å². The zero-order valence-electron chi connectivity index (χ0n) is 15.3. The van der Waals surface area contributed by atoms with Gasteiger partial charge in [-0.3, -0.25) is 9.59 Å². The normalized spacial score (nSPS) is 13.5. The Morgan fingerprint density at radius 1 is 1.00 bits per heavy atom. The average molecular weight is 348 g/mol. The number of carbonyl (C=O) groups is 3. The lowest BCUT2D eigenvalue weighted by Gasteiger charge is -2.23. The molecule has 2 aromatic carbocycles. The van der Waals surface area contributed by atoms with Crippen LogP contribution in [0.25, 0.3) is 6.08 Å². The van der Waals surface area contributed by atoms with Gasteiger partial charge in [0, 0.05) is 16.7 Å². The van der Waals surface area contributed by atoms with Crippen LogP contribution in [0.1, 0.15) is 64.1 Å². The highest BCUT2D eigenvalue weighted by molar-refractivity contribution is 6.52. The number of ketones is 2. The second-order valence-corrected chi connectivity index (χ2v) is 6.79. The maximum atomic E-state index is 12.5. The predicted octanol–water partition coefficient (Wildman–Crippen LogP) is 4.51. The predicted molar refractivity (Wildman–Crippen MR) is 99.7 cm³/mol. The van der Waals surface area contributed by atoms with E-state index in [9.17, 15) is 14.4 Å². The van der Waals surface area contributed by atoms with Gasteiger partial charge in [-0.15, -0.1) is 0 Å². The zero-order chi connectivity index (χ0) is 19.0. The first-order valence-corrected chi connectivity index (χ1v) is 8.53. The van der Waals surface area contributed by atoms with Crippen molar-refractivity contribution in [3.63, 3.8) is 0 Å². The van der Waals surface area contributed by atoms with E-state index in [4.69, 9.17) is 4.74 Å². The molecular formula is C22H20O4. The Balaban J connectivity index is 2.16. The largest absolute Gasteiger partial charge is 0.423 e. The van der Waals surface area contributed by atoms with Crippen molar-refractivity contribution in [2.75, 3.05) is 0 Å². The molecule has 132 valence electrons. The van der Waals surface area contributed by atoms with E-state index in [0.717, 1.165) is 5.56 Å². The minimum atomic E-state index is -0.500. The van der Waals surface area contributed by atoms with E-state index in [1.807, 2.05) is 19.9 Å². The molecule has 0 fully saturated rings. The Labute approximate surface area is 152 Å². The second-order valence-electron chi connectivity index (χ2n) is 6.79. The highest BCUT2D eigenvalue weighted by Gasteiger charge is 2.31. The van der Waals surface area contributed by atoms with Crippen molar-refractivity contribution in [1.82, 2.24) is 0 Å². The lowest BCUT2D eigenvalue weighted by molar-refractivity contribution is -0.111. The summed E-state index contributed by atoms with van der Waals surface area (Å²) in [4.78, 5) is 37.0. The van der Waals surface area contributed by atoms with E-state index in [1.165, 1.54) is 0 Å². The summed E-state index contributed by atoms with van der Waals surface area (Å²) in [6, 6.07) is 10.4. The molecule has 0 saturated heterocycles. The van der Waals surface area contributed by atoms with E-state index in [0.29, 0.717) is 33.6 Å². The van der Waals surface area contributed by atoms with Gasteiger partial charge in [-0.2, -0.15) is 0 Å². The highest BCUT2D eigenvalue weighted by atomic mass is 16.5. The molecule has 0 bridgehead atoms. The topological polar surface area (TPSA) is 60.4 Å². The van der Waals surface area contributed by atoms with Crippen molar-refractivity contribution in [2.45, 2.75) is 33.6 Å². The SMILES string of the molecule is CC1=Cc2c(c(C)cc(OC(=O)c3ccccc3)c2C(C)C)C(=O)C1=O. The first kappa shape index (κ1) is 17.8. The smallest absolute Gasteiger partial charge is 0.343 e. The molecule has 1 aliphatic rings. The van der Waals surface area contributed by atoms with Gasteiger partial charge >= 0.3 is 5.97 Å². The van der Waals surface area contributed by atoms with Crippen LogP contribution >= 0.6 is 0 Å². The summed E-state index contributed by atoms with van der Waals surface area (Å²) < 4.78 is 5.67. The van der Waals surface area contributed by atoms with Crippen LogP contribution < -0.4 is 4.74 Å². The van der Waals surface area contributed by atoms with Crippen molar-refractivity contribution >= 4 is 23.6 Å². The number of benzene rings is 2. The molecule has 2 aromatic rings. The molecule has 4 heteroatoms. The Kier molecular flexibility index (Phi) is 4.60. The van der Waals surface area contributed by atoms with E-state index in [1.54, 1.807) is 50.3 Å². The number of rotatable bonds is 3. The average Bonchev–Trinajstić information content (AvgIpc) is 2.59. The highest BCUT2D eigenvalue weighted by Crippen LogP contribution is 2.38. The third-order valence-corrected chi connectivity index (χ3v) is 4.51. The van der Waals surface area contributed by atoms with Gasteiger partial charge < -0.3 is 4.74 Å². The minimum Gasteiger partial charge on any atom is -0.423 e. The molecule has 0 amide bonds. The third-order valence-electron chi connectivity index (χ3n) is 4.51. The standard InChI is InChI=1S/C22H20O4/c1-12(2)18-16-10-14(4)20(23)21(24)19(16)13(3)11-17(18)26-22(25)15-8-6-5-7-9-15/h5-12H,1-4H3. The van der Waals surface area contributed by atoms with Crippen LogP contribution in [0.2, 0.25) is 0 Å². The Hall–Kier alpha value is -3.01. The van der Waals surface area contributed by atoms with Crippen molar-refractivity contribution in [2.24, 2.45) is 0 Å². The van der Waals surface area contributed by atoms with Crippen LogP contribution in [0.3, 0.4) is 0 Å². The summed E-state index contributed by atoms with van der Waals surface area (Å²) in [5.74, 6) is -1.00. The molecule has 0 spiro atoms. The molecule has 0 aliphatic heterocycles. The minimum absolute atomic E-state index is 0.00738. The van der Waals surface area contributed by atoms with Gasteiger partial charge in [0.1, 0.15) is 5.75 Å². The summed E-state index contributed by atoms with van der Waals surface area (Å²) in [5.41, 5.74) is 3.32. The Morgan fingerprint density at radius 3 is 2.27 bits per heavy atom. The molecule has 0 aromatic heterocycles. The number of aryl methyl sites for hydroxylation is 1. The van der Waals surface area contributed by atoms with E-state index >= 15 is 0 Å². The molecule has 0 unspecified atom stereocenters. The summed E-state index contributed by atoms with van der Waals surface area (Å²) in [6.07, 6.45) is 1.72. The Morgan fingerprint density at radius 2 is 1.65 bits per heavy atom. The van der Waals surface area contributed by atoms with Crippen molar-refractivity contribution in [3.8, 4) is 5.75 Å². The summed E-state index contributed by atoms with van der Waals surface area (Å²) in [6.45, 7) is 7.32. The van der Waals surface area contributed by atoms with Crippen LogP contribution in [0.5, 0.6) is 5.75 Å². The second kappa shape index (κ2) is 6.71. The van der Waals surface area contributed by atoms with Crippen molar-refractivity contribution < 1.29 is 19.1 Å². The van der Waals surface area contributed by atoms with Crippen molar-refractivity contribution in [3.05, 3.63) is 69.8 Å². The number of hydrogen-bond acceptors (Lipinski definition) is 4. The monoisotopic (exact) mass is 348 g/mol. The summed E-state index contributed by atoms with van der Waals surface area (Å²) in [7, 11) is 0. The molecule has 4 nitrogen and oxygen atoms in total. The van der Waals surface area contributed by atoms with Gasteiger partial charge in [0.2, 0.25) is 11.6 Å². The quantitative estimate of drug-likeness (QED) is 0.465. The fourth-order valence-electron chi connectivity index (χ4n) is 3.27. The number of carbonyl (C=O) groups excluding carboxylic acids is 3. The molecule has 0 saturated carbocycles. The van der Waals surface area contributed by atoms with Crippen LogP contribution in [-0.2, 0) is 4.79 Å². The van der Waals surface area contributed by atoms with Gasteiger partial charge in [0.15, 0.2) is 0 Å². The number of allylic oxidation sites excluding steroid dienone is 1. The van der Waals surface area contributed by atoms with Crippen LogP contribution in [0, 0.1) is 6.92 Å². The molecule has 0 radical (unpaired) electrons. The van der Waals surface area contributed by atoms with Gasteiger partial charge in [-0.05, 0) is 55.2 Å². The van der Waals surface area contributed by atoms with E-state index in [2.05, 4.69) is 0 Å². The lowest BCUT2D eigenvalue weighted by atomic mass is 9.82. The lowest BCUT2D eigenvalue weighted by Crippen LogP contribution is -2.23. The Bertz CT molecular complexity index is 950. The maximum Gasteiger partial charge on any atom is 0.343 e. The zero-order valence-corrected chi connectivity index (χ0v) is 15.3. The summed E-state index contributed by atoms with van der Waals surface area (Å²) >= 11 is 0. The first-order valence-electron chi connectivity index (χ1n) is 8.53. The molecule has 0 heterocycles.